The van der Waals surface area contributed by atoms with Crippen LogP contribution >= 0.6 is 15.9 Å². The van der Waals surface area contributed by atoms with Crippen LogP contribution in [0, 0.1) is 17.7 Å². The van der Waals surface area contributed by atoms with Crippen molar-refractivity contribution in [3.05, 3.63) is 34.1 Å². The molecule has 0 aliphatic rings. The molecule has 3 atom stereocenters. The zero-order valence-electron chi connectivity index (χ0n) is 9.52. The Morgan fingerprint density at radius 2 is 2.00 bits per heavy atom. The summed E-state index contributed by atoms with van der Waals surface area (Å²) in [5.41, 5.74) is 0.111. The van der Waals surface area contributed by atoms with Crippen LogP contribution in [0.1, 0.15) is 25.5 Å². The third-order valence-corrected chi connectivity index (χ3v) is 3.45. The Balaban J connectivity index is 2.99. The van der Waals surface area contributed by atoms with Crippen molar-refractivity contribution >= 4 is 21.9 Å². The van der Waals surface area contributed by atoms with Crippen LogP contribution in [-0.2, 0) is 4.79 Å². The summed E-state index contributed by atoms with van der Waals surface area (Å²) in [7, 11) is 0. The number of hydrogen-bond acceptors (Lipinski definition) is 2. The van der Waals surface area contributed by atoms with Crippen LogP contribution in [-0.4, -0.2) is 16.2 Å². The van der Waals surface area contributed by atoms with Crippen molar-refractivity contribution in [2.75, 3.05) is 0 Å². The molecule has 0 heterocycles. The third-order valence-electron chi connectivity index (χ3n) is 2.95. The van der Waals surface area contributed by atoms with Gasteiger partial charge in [0, 0.05) is 10.0 Å². The summed E-state index contributed by atoms with van der Waals surface area (Å²) >= 11 is 3.19. The second-order valence-electron chi connectivity index (χ2n) is 4.10. The second-order valence-corrected chi connectivity index (χ2v) is 5.01. The number of rotatable bonds is 4. The van der Waals surface area contributed by atoms with Gasteiger partial charge in [0.05, 0.1) is 12.0 Å². The lowest BCUT2D eigenvalue weighted by atomic mass is 9.87. The van der Waals surface area contributed by atoms with Crippen LogP contribution in [0.15, 0.2) is 22.7 Å². The Kier molecular flexibility index (Phi) is 4.65. The molecule has 1 aromatic carbocycles. The largest absolute Gasteiger partial charge is 0.481 e. The maximum Gasteiger partial charge on any atom is 0.306 e. The van der Waals surface area contributed by atoms with Gasteiger partial charge in [0.1, 0.15) is 5.82 Å². The van der Waals surface area contributed by atoms with Crippen molar-refractivity contribution in [3.8, 4) is 0 Å². The highest BCUT2D eigenvalue weighted by atomic mass is 79.9. The quantitative estimate of drug-likeness (QED) is 0.899. The van der Waals surface area contributed by atoms with Crippen LogP contribution in [0.4, 0.5) is 4.39 Å². The van der Waals surface area contributed by atoms with E-state index in [1.54, 1.807) is 6.92 Å². The number of carboxylic acid groups (broad SMARTS) is 1. The van der Waals surface area contributed by atoms with E-state index in [2.05, 4.69) is 15.9 Å². The highest BCUT2D eigenvalue weighted by Gasteiger charge is 2.28. The number of aliphatic hydroxyl groups excluding tert-OH is 1. The number of carboxylic acids is 1. The molecule has 17 heavy (non-hydrogen) atoms. The first-order chi connectivity index (χ1) is 7.84. The van der Waals surface area contributed by atoms with Gasteiger partial charge in [0.2, 0.25) is 0 Å². The molecule has 0 saturated carbocycles. The lowest BCUT2D eigenvalue weighted by Crippen LogP contribution is -2.24. The topological polar surface area (TPSA) is 57.5 Å². The zero-order valence-corrected chi connectivity index (χ0v) is 11.1. The van der Waals surface area contributed by atoms with E-state index in [0.717, 1.165) is 0 Å². The molecule has 0 spiro atoms. The fraction of sp³-hybridized carbons (Fsp3) is 0.417. The first-order valence-electron chi connectivity index (χ1n) is 5.20. The maximum atomic E-state index is 13.5. The Bertz CT molecular complexity index is 422. The molecule has 0 amide bonds. The van der Waals surface area contributed by atoms with E-state index in [1.165, 1.54) is 25.1 Å². The molecular formula is C12H14BrFO3. The van der Waals surface area contributed by atoms with E-state index in [9.17, 15) is 14.3 Å². The Hall–Kier alpha value is -0.940. The first-order valence-corrected chi connectivity index (χ1v) is 5.99. The van der Waals surface area contributed by atoms with Gasteiger partial charge in [-0.15, -0.1) is 0 Å². The monoisotopic (exact) mass is 304 g/mol. The van der Waals surface area contributed by atoms with Crippen LogP contribution in [0.3, 0.4) is 0 Å². The van der Waals surface area contributed by atoms with Crippen LogP contribution in [0.5, 0.6) is 0 Å². The smallest absolute Gasteiger partial charge is 0.306 e. The van der Waals surface area contributed by atoms with Gasteiger partial charge in [-0.05, 0) is 24.1 Å². The number of hydrogen-bond donors (Lipinski definition) is 2. The van der Waals surface area contributed by atoms with Gasteiger partial charge in [-0.3, -0.25) is 4.79 Å². The standard InChI is InChI=1S/C12H14BrFO3/c1-6(7(2)12(16)17)11(15)9-5-8(13)3-4-10(9)14/h3-7,11,15H,1-2H3,(H,16,17). The second kappa shape index (κ2) is 5.60. The summed E-state index contributed by atoms with van der Waals surface area (Å²) in [6, 6.07) is 4.22. The molecule has 0 bridgehead atoms. The number of aliphatic hydroxyl groups is 1. The van der Waals surface area contributed by atoms with E-state index in [4.69, 9.17) is 5.11 Å². The van der Waals surface area contributed by atoms with Crippen LogP contribution in [0.2, 0.25) is 0 Å². The molecule has 94 valence electrons. The van der Waals surface area contributed by atoms with Crippen molar-refractivity contribution in [1.82, 2.24) is 0 Å². The summed E-state index contributed by atoms with van der Waals surface area (Å²) < 4.78 is 14.2. The molecule has 0 radical (unpaired) electrons. The molecule has 0 aliphatic heterocycles. The number of carbonyl (C=O) groups is 1. The van der Waals surface area contributed by atoms with Gasteiger partial charge in [0.15, 0.2) is 0 Å². The van der Waals surface area contributed by atoms with Gasteiger partial charge in [-0.2, -0.15) is 0 Å². The van der Waals surface area contributed by atoms with Crippen molar-refractivity contribution in [3.63, 3.8) is 0 Å². The van der Waals surface area contributed by atoms with Gasteiger partial charge >= 0.3 is 5.97 Å². The lowest BCUT2D eigenvalue weighted by molar-refractivity contribution is -0.144. The van der Waals surface area contributed by atoms with E-state index in [0.29, 0.717) is 4.47 Å². The minimum Gasteiger partial charge on any atom is -0.481 e. The Morgan fingerprint density at radius 1 is 1.41 bits per heavy atom. The molecule has 0 aromatic heterocycles. The lowest BCUT2D eigenvalue weighted by Gasteiger charge is -2.23. The van der Waals surface area contributed by atoms with Crippen molar-refractivity contribution < 1.29 is 19.4 Å². The minimum absolute atomic E-state index is 0.111. The summed E-state index contributed by atoms with van der Waals surface area (Å²) in [5.74, 6) is -2.86. The van der Waals surface area contributed by atoms with Crippen molar-refractivity contribution in [2.24, 2.45) is 11.8 Å². The van der Waals surface area contributed by atoms with Gasteiger partial charge in [-0.25, -0.2) is 4.39 Å². The molecular weight excluding hydrogens is 291 g/mol. The summed E-state index contributed by atoms with van der Waals surface area (Å²) in [5, 5.41) is 18.8. The normalized spacial score (nSPS) is 16.3. The average Bonchev–Trinajstić information content (AvgIpc) is 2.29. The maximum absolute atomic E-state index is 13.5. The van der Waals surface area contributed by atoms with Gasteiger partial charge in [-0.1, -0.05) is 29.8 Å². The number of halogens is 2. The predicted molar refractivity (Wildman–Crippen MR) is 65.0 cm³/mol. The molecule has 3 nitrogen and oxygen atoms in total. The van der Waals surface area contributed by atoms with Crippen molar-refractivity contribution in [1.29, 1.82) is 0 Å². The summed E-state index contributed by atoms with van der Waals surface area (Å²) in [6.45, 7) is 3.08. The molecule has 3 unspecified atom stereocenters. The molecule has 5 heteroatoms. The SMILES string of the molecule is CC(C(=O)O)C(C)C(O)c1cc(Br)ccc1F. The van der Waals surface area contributed by atoms with E-state index < -0.39 is 29.7 Å². The molecule has 0 saturated heterocycles. The highest BCUT2D eigenvalue weighted by Crippen LogP contribution is 2.31. The van der Waals surface area contributed by atoms with Crippen molar-refractivity contribution in [2.45, 2.75) is 20.0 Å². The molecule has 2 N–H and O–H groups in total. The average molecular weight is 305 g/mol. The fourth-order valence-electron chi connectivity index (χ4n) is 1.52. The summed E-state index contributed by atoms with van der Waals surface area (Å²) in [4.78, 5) is 10.8. The van der Waals surface area contributed by atoms with Gasteiger partial charge < -0.3 is 10.2 Å². The van der Waals surface area contributed by atoms with E-state index in [-0.39, 0.29) is 5.56 Å². The molecule has 1 rings (SSSR count). The molecule has 1 aromatic rings. The molecule has 0 fully saturated rings. The van der Waals surface area contributed by atoms with E-state index >= 15 is 0 Å². The highest BCUT2D eigenvalue weighted by molar-refractivity contribution is 9.10. The summed E-state index contributed by atoms with van der Waals surface area (Å²) in [6.07, 6.45) is -1.14. The first kappa shape index (κ1) is 14.1. The van der Waals surface area contributed by atoms with Crippen LogP contribution < -0.4 is 0 Å². The number of benzene rings is 1. The zero-order chi connectivity index (χ0) is 13.2. The van der Waals surface area contributed by atoms with E-state index in [1.807, 2.05) is 0 Å². The fourth-order valence-corrected chi connectivity index (χ4v) is 1.90. The predicted octanol–water partition coefficient (Wildman–Crippen LogP) is 2.98. The Morgan fingerprint density at radius 3 is 2.53 bits per heavy atom. The molecule has 0 aliphatic carbocycles. The van der Waals surface area contributed by atoms with Gasteiger partial charge in [0.25, 0.3) is 0 Å². The van der Waals surface area contributed by atoms with Crippen LogP contribution in [0.25, 0.3) is 0 Å². The minimum atomic E-state index is -1.14. The Labute approximate surface area is 107 Å². The third kappa shape index (κ3) is 3.26. The number of aliphatic carboxylic acids is 1.